The molecule has 2 heterocycles. The maximum atomic E-state index is 12.5. The molecule has 0 saturated heterocycles. The highest BCUT2D eigenvalue weighted by Gasteiger charge is 2.19. The molecule has 21 heavy (non-hydrogen) atoms. The summed E-state index contributed by atoms with van der Waals surface area (Å²) in [6, 6.07) is 7.04. The summed E-state index contributed by atoms with van der Waals surface area (Å²) in [6.07, 6.45) is 0.616. The number of fused-ring (bicyclic) bond motifs is 1. The number of aryl methyl sites for hydroxylation is 2. The Bertz CT molecular complexity index is 896. The zero-order valence-electron chi connectivity index (χ0n) is 11.6. The molecule has 0 amide bonds. The Kier molecular flexibility index (Phi) is 3.22. The molecule has 0 atom stereocenters. The summed E-state index contributed by atoms with van der Waals surface area (Å²) in [5, 5.41) is 15.5. The Hall–Kier alpha value is -2.27. The lowest BCUT2D eigenvalue weighted by atomic mass is 10.1. The minimum Gasteiger partial charge on any atom is -0.503 e. The van der Waals surface area contributed by atoms with Crippen molar-refractivity contribution in [1.82, 2.24) is 14.8 Å². The van der Waals surface area contributed by atoms with Crippen LogP contribution in [-0.4, -0.2) is 19.9 Å². The van der Waals surface area contributed by atoms with Crippen molar-refractivity contribution in [2.75, 3.05) is 0 Å². The van der Waals surface area contributed by atoms with Gasteiger partial charge in [0.25, 0.3) is 0 Å². The smallest absolute Gasteiger partial charge is 0.235 e. The molecule has 0 saturated carbocycles. The molecule has 0 fully saturated rings. The van der Waals surface area contributed by atoms with Gasteiger partial charge in [-0.25, -0.2) is 0 Å². The van der Waals surface area contributed by atoms with E-state index in [4.69, 9.17) is 11.6 Å². The fourth-order valence-corrected chi connectivity index (χ4v) is 2.71. The van der Waals surface area contributed by atoms with Gasteiger partial charge >= 0.3 is 0 Å². The van der Waals surface area contributed by atoms with Crippen LogP contribution in [-0.2, 0) is 13.5 Å². The third-order valence-corrected chi connectivity index (χ3v) is 3.85. The molecule has 0 aliphatic carbocycles. The van der Waals surface area contributed by atoms with Crippen LogP contribution >= 0.6 is 11.6 Å². The summed E-state index contributed by atoms with van der Waals surface area (Å²) >= 11 is 6.15. The second kappa shape index (κ2) is 4.93. The van der Waals surface area contributed by atoms with Crippen molar-refractivity contribution in [3.63, 3.8) is 0 Å². The van der Waals surface area contributed by atoms with Crippen molar-refractivity contribution >= 4 is 22.6 Å². The zero-order valence-corrected chi connectivity index (χ0v) is 12.4. The van der Waals surface area contributed by atoms with E-state index in [2.05, 4.69) is 10.1 Å². The largest absolute Gasteiger partial charge is 0.503 e. The van der Waals surface area contributed by atoms with E-state index in [1.54, 1.807) is 36.0 Å². The zero-order chi connectivity index (χ0) is 15.1. The lowest BCUT2D eigenvalue weighted by Gasteiger charge is -2.08. The second-order valence-corrected chi connectivity index (χ2v) is 5.21. The van der Waals surface area contributed by atoms with E-state index in [-0.39, 0.29) is 5.75 Å². The molecule has 0 bridgehead atoms. The highest BCUT2D eigenvalue weighted by molar-refractivity contribution is 6.33. The van der Waals surface area contributed by atoms with Crippen molar-refractivity contribution < 1.29 is 5.11 Å². The van der Waals surface area contributed by atoms with Gasteiger partial charge in [0.15, 0.2) is 5.75 Å². The van der Waals surface area contributed by atoms with Crippen LogP contribution in [0.1, 0.15) is 12.6 Å². The minimum absolute atomic E-state index is 0.309. The number of hydrogen-bond donors (Lipinski definition) is 2. The summed E-state index contributed by atoms with van der Waals surface area (Å²) in [4.78, 5) is 15.5. The number of halogens is 1. The summed E-state index contributed by atoms with van der Waals surface area (Å²) < 4.78 is 1.61. The predicted octanol–water partition coefficient (Wildman–Crippen LogP) is 2.85. The first-order valence-corrected chi connectivity index (χ1v) is 6.98. The Balaban J connectivity index is 2.42. The number of nitrogens with one attached hydrogen (secondary N) is 1. The number of aromatic hydroxyl groups is 1. The normalized spacial score (nSPS) is 11.2. The van der Waals surface area contributed by atoms with E-state index in [0.717, 1.165) is 0 Å². The monoisotopic (exact) mass is 303 g/mol. The highest BCUT2D eigenvalue weighted by Crippen LogP contribution is 2.32. The SMILES string of the molecule is CCc1nn(C)c2[nH]c(-c3ccccc3Cl)c(O)c(=O)c12. The van der Waals surface area contributed by atoms with E-state index >= 15 is 0 Å². The molecule has 3 rings (SSSR count). The molecular formula is C15H14ClN3O2. The number of nitrogens with zero attached hydrogens (tertiary/aromatic N) is 2. The molecule has 3 aromatic rings. The van der Waals surface area contributed by atoms with E-state index < -0.39 is 5.43 Å². The highest BCUT2D eigenvalue weighted by atomic mass is 35.5. The van der Waals surface area contributed by atoms with Crippen LogP contribution in [0.15, 0.2) is 29.1 Å². The average molecular weight is 304 g/mol. The fourth-order valence-electron chi connectivity index (χ4n) is 2.48. The first-order valence-electron chi connectivity index (χ1n) is 6.60. The van der Waals surface area contributed by atoms with Gasteiger partial charge in [0.2, 0.25) is 5.43 Å². The van der Waals surface area contributed by atoms with Crippen LogP contribution in [0.4, 0.5) is 0 Å². The van der Waals surface area contributed by atoms with Gasteiger partial charge < -0.3 is 10.1 Å². The van der Waals surface area contributed by atoms with Gasteiger partial charge in [-0.1, -0.05) is 36.7 Å². The Morgan fingerprint density at radius 2 is 2.10 bits per heavy atom. The standard InChI is InChI=1S/C15H14ClN3O2/c1-3-10-11-13(20)14(21)12(17-15(11)19(2)18-10)8-6-4-5-7-9(8)16/h4-7,21H,3H2,1-2H3,(H,17,20). The third kappa shape index (κ3) is 2.01. The first-order chi connectivity index (χ1) is 10.0. The van der Waals surface area contributed by atoms with Crippen LogP contribution in [0, 0.1) is 0 Å². The predicted molar refractivity (Wildman–Crippen MR) is 82.8 cm³/mol. The summed E-state index contributed by atoms with van der Waals surface area (Å²) in [5.41, 5.74) is 1.70. The second-order valence-electron chi connectivity index (χ2n) is 4.81. The summed E-state index contributed by atoms with van der Waals surface area (Å²) in [6.45, 7) is 1.92. The third-order valence-electron chi connectivity index (χ3n) is 3.52. The molecule has 0 radical (unpaired) electrons. The number of rotatable bonds is 2. The first kappa shape index (κ1) is 13.7. The molecular weight excluding hydrogens is 290 g/mol. The van der Waals surface area contributed by atoms with E-state index in [1.807, 2.05) is 6.92 Å². The van der Waals surface area contributed by atoms with Crippen LogP contribution in [0.5, 0.6) is 5.75 Å². The average Bonchev–Trinajstić information content (AvgIpc) is 2.80. The number of hydrogen-bond acceptors (Lipinski definition) is 3. The molecule has 0 unspecified atom stereocenters. The molecule has 2 N–H and O–H groups in total. The lowest BCUT2D eigenvalue weighted by molar-refractivity contribution is 0.471. The topological polar surface area (TPSA) is 70.9 Å². The van der Waals surface area contributed by atoms with Crippen LogP contribution in [0.3, 0.4) is 0 Å². The molecule has 0 aliphatic rings. The minimum atomic E-state index is -0.427. The molecule has 0 aliphatic heterocycles. The van der Waals surface area contributed by atoms with Crippen LogP contribution in [0.25, 0.3) is 22.3 Å². The van der Waals surface area contributed by atoms with Gasteiger partial charge in [0.1, 0.15) is 5.65 Å². The molecule has 2 aromatic heterocycles. The fraction of sp³-hybridized carbons (Fsp3) is 0.200. The number of pyridine rings is 1. The summed E-state index contributed by atoms with van der Waals surface area (Å²) in [7, 11) is 1.75. The van der Waals surface area contributed by atoms with Gasteiger partial charge in [0, 0.05) is 12.6 Å². The van der Waals surface area contributed by atoms with Crippen molar-refractivity contribution in [1.29, 1.82) is 0 Å². The van der Waals surface area contributed by atoms with Crippen molar-refractivity contribution in [2.45, 2.75) is 13.3 Å². The van der Waals surface area contributed by atoms with Gasteiger partial charge in [0.05, 0.1) is 21.8 Å². The Labute approximate surface area is 125 Å². The molecule has 1 aromatic carbocycles. The van der Waals surface area contributed by atoms with Crippen LogP contribution in [0.2, 0.25) is 5.02 Å². The summed E-state index contributed by atoms with van der Waals surface area (Å²) in [5.74, 6) is -0.335. The van der Waals surface area contributed by atoms with E-state index in [0.29, 0.717) is 39.4 Å². The Morgan fingerprint density at radius 3 is 2.76 bits per heavy atom. The molecule has 5 nitrogen and oxygen atoms in total. The van der Waals surface area contributed by atoms with E-state index in [9.17, 15) is 9.90 Å². The number of aromatic amines is 1. The lowest BCUT2D eigenvalue weighted by Crippen LogP contribution is -2.06. The molecule has 6 heteroatoms. The van der Waals surface area contributed by atoms with Crippen molar-refractivity contribution in [2.24, 2.45) is 7.05 Å². The van der Waals surface area contributed by atoms with Crippen molar-refractivity contribution in [3.05, 3.63) is 45.2 Å². The van der Waals surface area contributed by atoms with Crippen LogP contribution < -0.4 is 5.43 Å². The molecule has 0 spiro atoms. The number of benzene rings is 1. The van der Waals surface area contributed by atoms with Gasteiger partial charge in [-0.05, 0) is 12.5 Å². The van der Waals surface area contributed by atoms with Gasteiger partial charge in [-0.15, -0.1) is 0 Å². The Morgan fingerprint density at radius 1 is 1.38 bits per heavy atom. The quantitative estimate of drug-likeness (QED) is 0.764. The maximum Gasteiger partial charge on any atom is 0.235 e. The van der Waals surface area contributed by atoms with Gasteiger partial charge in [-0.2, -0.15) is 5.10 Å². The van der Waals surface area contributed by atoms with E-state index in [1.165, 1.54) is 0 Å². The number of aromatic nitrogens is 3. The number of H-pyrrole nitrogens is 1. The van der Waals surface area contributed by atoms with Gasteiger partial charge in [-0.3, -0.25) is 9.48 Å². The molecule has 108 valence electrons. The maximum absolute atomic E-state index is 12.5. The van der Waals surface area contributed by atoms with Crippen molar-refractivity contribution in [3.8, 4) is 17.0 Å².